The molecule has 1 unspecified atom stereocenters. The molecule has 0 bridgehead atoms. The van der Waals surface area contributed by atoms with Gasteiger partial charge >= 0.3 is 0 Å². The molecule has 1 saturated carbocycles. The van der Waals surface area contributed by atoms with Crippen LogP contribution in [0.1, 0.15) is 43.7 Å². The Kier molecular flexibility index (Phi) is 5.05. The Morgan fingerprint density at radius 3 is 2.67 bits per heavy atom. The van der Waals surface area contributed by atoms with Crippen LogP contribution >= 0.6 is 27.5 Å². The van der Waals surface area contributed by atoms with E-state index >= 15 is 0 Å². The van der Waals surface area contributed by atoms with E-state index in [-0.39, 0.29) is 6.04 Å². The van der Waals surface area contributed by atoms with Gasteiger partial charge in [0.25, 0.3) is 0 Å². The molecule has 1 N–H and O–H groups in total. The summed E-state index contributed by atoms with van der Waals surface area (Å²) >= 11 is 9.58. The first-order valence-electron chi connectivity index (χ1n) is 6.31. The average molecular weight is 328 g/mol. The van der Waals surface area contributed by atoms with E-state index < -0.39 is 0 Å². The average Bonchev–Trinajstić information content (AvgIpc) is 2.38. The Morgan fingerprint density at radius 1 is 1.33 bits per heavy atom. The zero-order valence-corrected chi connectivity index (χ0v) is 12.5. The van der Waals surface area contributed by atoms with Gasteiger partial charge in [0.05, 0.1) is 6.07 Å². The predicted octanol–water partition coefficient (Wildman–Crippen LogP) is 4.59. The second-order valence-corrected chi connectivity index (χ2v) is 6.05. The zero-order chi connectivity index (χ0) is 13.0. The summed E-state index contributed by atoms with van der Waals surface area (Å²) in [7, 11) is 0. The van der Waals surface area contributed by atoms with Gasteiger partial charge in [0.15, 0.2) is 0 Å². The largest absolute Gasteiger partial charge is 0.295 e. The first kappa shape index (κ1) is 13.9. The summed E-state index contributed by atoms with van der Waals surface area (Å²) in [6.45, 7) is 0. The van der Waals surface area contributed by atoms with Crippen LogP contribution in [0.25, 0.3) is 0 Å². The number of benzene rings is 1. The molecule has 0 saturated heterocycles. The number of hydrogen-bond donors (Lipinski definition) is 1. The molecule has 1 fully saturated rings. The van der Waals surface area contributed by atoms with Crippen molar-refractivity contribution < 1.29 is 0 Å². The van der Waals surface area contributed by atoms with Crippen LogP contribution in [0.3, 0.4) is 0 Å². The first-order valence-corrected chi connectivity index (χ1v) is 7.48. The van der Waals surface area contributed by atoms with Crippen molar-refractivity contribution >= 4 is 27.5 Å². The van der Waals surface area contributed by atoms with Crippen molar-refractivity contribution in [1.29, 1.82) is 5.26 Å². The van der Waals surface area contributed by atoms with Crippen LogP contribution in [-0.2, 0) is 0 Å². The van der Waals surface area contributed by atoms with E-state index in [0.717, 1.165) is 22.9 Å². The summed E-state index contributed by atoms with van der Waals surface area (Å²) in [5, 5.41) is 13.4. The molecular formula is C14H16BrClN2. The maximum atomic E-state index is 9.32. The minimum atomic E-state index is -0.311. The molecule has 0 radical (unpaired) electrons. The van der Waals surface area contributed by atoms with Crippen LogP contribution in [-0.4, -0.2) is 6.04 Å². The van der Waals surface area contributed by atoms with Gasteiger partial charge in [-0.1, -0.05) is 52.9 Å². The number of nitrogens with one attached hydrogen (secondary N) is 1. The standard InChI is InChI=1S/C14H16BrClN2/c15-10-6-7-12(13(16)8-10)14(9-17)18-11-4-2-1-3-5-11/h6-8,11,14,18H,1-5H2. The van der Waals surface area contributed by atoms with Crippen molar-refractivity contribution in [2.24, 2.45) is 0 Å². The normalized spacial score (nSPS) is 18.3. The first-order chi connectivity index (χ1) is 8.70. The maximum absolute atomic E-state index is 9.32. The van der Waals surface area contributed by atoms with Gasteiger partial charge in [0.2, 0.25) is 0 Å². The molecule has 2 nitrogen and oxygen atoms in total. The van der Waals surface area contributed by atoms with Gasteiger partial charge in [0, 0.05) is 21.1 Å². The van der Waals surface area contributed by atoms with E-state index in [9.17, 15) is 5.26 Å². The third-order valence-electron chi connectivity index (χ3n) is 3.41. The van der Waals surface area contributed by atoms with Crippen molar-refractivity contribution in [2.45, 2.75) is 44.2 Å². The van der Waals surface area contributed by atoms with Crippen molar-refractivity contribution in [3.8, 4) is 6.07 Å². The fourth-order valence-electron chi connectivity index (χ4n) is 2.44. The van der Waals surface area contributed by atoms with E-state index in [1.165, 1.54) is 19.3 Å². The van der Waals surface area contributed by atoms with Crippen molar-refractivity contribution in [1.82, 2.24) is 5.32 Å². The van der Waals surface area contributed by atoms with Crippen LogP contribution in [0, 0.1) is 11.3 Å². The fraction of sp³-hybridized carbons (Fsp3) is 0.500. The smallest absolute Gasteiger partial charge is 0.123 e. The third-order valence-corrected chi connectivity index (χ3v) is 4.23. The Labute approximate surface area is 121 Å². The SMILES string of the molecule is N#CC(NC1CCCCC1)c1ccc(Br)cc1Cl. The fourth-order valence-corrected chi connectivity index (χ4v) is 3.22. The lowest BCUT2D eigenvalue weighted by Gasteiger charge is -2.26. The summed E-state index contributed by atoms with van der Waals surface area (Å²) in [5.74, 6) is 0. The molecule has 4 heteroatoms. The van der Waals surface area contributed by atoms with Gasteiger partial charge in [-0.3, -0.25) is 5.32 Å². The quantitative estimate of drug-likeness (QED) is 0.881. The van der Waals surface area contributed by atoms with Crippen LogP contribution in [0.4, 0.5) is 0 Å². The molecule has 1 atom stereocenters. The minimum absolute atomic E-state index is 0.311. The van der Waals surface area contributed by atoms with E-state index in [4.69, 9.17) is 11.6 Å². The monoisotopic (exact) mass is 326 g/mol. The molecule has 1 aromatic rings. The molecule has 18 heavy (non-hydrogen) atoms. The summed E-state index contributed by atoms with van der Waals surface area (Å²) in [6, 6.07) is 8.13. The van der Waals surface area contributed by atoms with E-state index in [1.807, 2.05) is 18.2 Å². The molecule has 0 aromatic heterocycles. The van der Waals surface area contributed by atoms with Gasteiger partial charge < -0.3 is 0 Å². The van der Waals surface area contributed by atoms with Gasteiger partial charge in [0.1, 0.15) is 6.04 Å². The number of nitriles is 1. The van der Waals surface area contributed by atoms with Crippen molar-refractivity contribution in [3.63, 3.8) is 0 Å². The number of rotatable bonds is 3. The Morgan fingerprint density at radius 2 is 2.06 bits per heavy atom. The van der Waals surface area contributed by atoms with Crippen LogP contribution < -0.4 is 5.32 Å². The van der Waals surface area contributed by atoms with E-state index in [2.05, 4.69) is 27.3 Å². The molecule has 1 aliphatic carbocycles. The van der Waals surface area contributed by atoms with Crippen LogP contribution in [0.2, 0.25) is 5.02 Å². The molecule has 0 spiro atoms. The highest BCUT2D eigenvalue weighted by molar-refractivity contribution is 9.10. The number of hydrogen-bond acceptors (Lipinski definition) is 2. The lowest BCUT2D eigenvalue weighted by Crippen LogP contribution is -2.33. The highest BCUT2D eigenvalue weighted by Crippen LogP contribution is 2.28. The van der Waals surface area contributed by atoms with E-state index in [1.54, 1.807) is 0 Å². The van der Waals surface area contributed by atoms with Crippen LogP contribution in [0.5, 0.6) is 0 Å². The lowest BCUT2D eigenvalue weighted by molar-refractivity contribution is 0.360. The molecule has 1 aliphatic rings. The second-order valence-electron chi connectivity index (χ2n) is 4.73. The summed E-state index contributed by atoms with van der Waals surface area (Å²) in [4.78, 5) is 0. The molecule has 0 amide bonds. The van der Waals surface area contributed by atoms with Crippen molar-refractivity contribution in [2.75, 3.05) is 0 Å². The third kappa shape index (κ3) is 3.47. The van der Waals surface area contributed by atoms with Gasteiger partial charge in [-0.15, -0.1) is 0 Å². The summed E-state index contributed by atoms with van der Waals surface area (Å²) in [6.07, 6.45) is 6.14. The Balaban J connectivity index is 2.10. The molecular weight excluding hydrogens is 312 g/mol. The lowest BCUT2D eigenvalue weighted by atomic mass is 9.94. The number of halogens is 2. The highest BCUT2D eigenvalue weighted by atomic mass is 79.9. The summed E-state index contributed by atoms with van der Waals surface area (Å²) < 4.78 is 0.936. The zero-order valence-electron chi connectivity index (χ0n) is 10.1. The molecule has 0 heterocycles. The predicted molar refractivity (Wildman–Crippen MR) is 77.5 cm³/mol. The Bertz CT molecular complexity index is 450. The molecule has 96 valence electrons. The molecule has 1 aromatic carbocycles. The van der Waals surface area contributed by atoms with Gasteiger partial charge in [-0.25, -0.2) is 0 Å². The number of nitrogens with zero attached hydrogens (tertiary/aromatic N) is 1. The van der Waals surface area contributed by atoms with Crippen LogP contribution in [0.15, 0.2) is 22.7 Å². The maximum Gasteiger partial charge on any atom is 0.123 e. The molecule has 2 rings (SSSR count). The second kappa shape index (κ2) is 6.56. The highest BCUT2D eigenvalue weighted by Gasteiger charge is 2.20. The Hall–Kier alpha value is -0.560. The summed E-state index contributed by atoms with van der Waals surface area (Å²) in [5.41, 5.74) is 0.868. The minimum Gasteiger partial charge on any atom is -0.295 e. The van der Waals surface area contributed by atoms with Crippen molar-refractivity contribution in [3.05, 3.63) is 33.3 Å². The van der Waals surface area contributed by atoms with Gasteiger partial charge in [-0.05, 0) is 25.0 Å². The van der Waals surface area contributed by atoms with Gasteiger partial charge in [-0.2, -0.15) is 5.26 Å². The van der Waals surface area contributed by atoms with E-state index in [0.29, 0.717) is 11.1 Å². The molecule has 0 aliphatic heterocycles. The topological polar surface area (TPSA) is 35.8 Å².